The highest BCUT2D eigenvalue weighted by Gasteiger charge is 2.20. The lowest BCUT2D eigenvalue weighted by Crippen LogP contribution is -2.10. The first kappa shape index (κ1) is 28.4. The van der Waals surface area contributed by atoms with E-state index in [1.165, 1.54) is 54.6 Å². The summed E-state index contributed by atoms with van der Waals surface area (Å²) in [6.45, 7) is 0. The van der Waals surface area contributed by atoms with Crippen molar-refractivity contribution in [2.45, 2.75) is 0 Å². The van der Waals surface area contributed by atoms with Crippen LogP contribution in [-0.4, -0.2) is 0 Å². The van der Waals surface area contributed by atoms with Crippen molar-refractivity contribution < 1.29 is 4.42 Å². The average Bonchev–Trinajstić information content (AvgIpc) is 3.57. The molecule has 0 aliphatic rings. The van der Waals surface area contributed by atoms with Crippen LogP contribution < -0.4 is 4.90 Å². The summed E-state index contributed by atoms with van der Waals surface area (Å²) in [5.41, 5.74) is 9.94. The van der Waals surface area contributed by atoms with Crippen molar-refractivity contribution in [2.24, 2.45) is 0 Å². The second-order valence-electron chi connectivity index (χ2n) is 13.0. The molecule has 0 N–H and O–H groups in total. The molecule has 0 spiro atoms. The second kappa shape index (κ2) is 11.5. The summed E-state index contributed by atoms with van der Waals surface area (Å²) < 4.78 is 6.34. The van der Waals surface area contributed by atoms with Gasteiger partial charge < -0.3 is 9.32 Å². The van der Waals surface area contributed by atoms with Crippen molar-refractivity contribution in [1.29, 1.82) is 0 Å². The SMILES string of the molecule is c1ccc(-c2ccc3ccc(-c4ccc5cc(N(c6ccc7ccccc7c6)c6cccc7oc8ccccc8c67)ccc5c4)cc3c2)cc1. The normalized spacial score (nSPS) is 11.6. The van der Waals surface area contributed by atoms with Crippen molar-refractivity contribution in [3.8, 4) is 22.3 Å². The third-order valence-electron chi connectivity index (χ3n) is 9.98. The van der Waals surface area contributed by atoms with Gasteiger partial charge in [-0.3, -0.25) is 0 Å². The summed E-state index contributed by atoms with van der Waals surface area (Å²) in [4.78, 5) is 2.37. The van der Waals surface area contributed by atoms with E-state index in [1.807, 2.05) is 12.1 Å². The monoisotopic (exact) mass is 637 g/mol. The molecule has 0 fully saturated rings. The first-order chi connectivity index (χ1) is 24.7. The van der Waals surface area contributed by atoms with Gasteiger partial charge in [0, 0.05) is 16.8 Å². The molecule has 0 saturated heterocycles. The Kier molecular flexibility index (Phi) is 6.53. The van der Waals surface area contributed by atoms with Crippen LogP contribution in [0.25, 0.3) is 76.5 Å². The smallest absolute Gasteiger partial charge is 0.137 e. The van der Waals surface area contributed by atoms with Crippen LogP contribution in [0.1, 0.15) is 0 Å². The Bertz CT molecular complexity index is 2880. The number of hydrogen-bond acceptors (Lipinski definition) is 2. The molecule has 50 heavy (non-hydrogen) atoms. The van der Waals surface area contributed by atoms with Crippen LogP contribution in [-0.2, 0) is 0 Å². The summed E-state index contributed by atoms with van der Waals surface area (Å²) in [6.07, 6.45) is 0. The summed E-state index contributed by atoms with van der Waals surface area (Å²) in [5.74, 6) is 0. The zero-order chi connectivity index (χ0) is 33.0. The summed E-state index contributed by atoms with van der Waals surface area (Å²) in [7, 11) is 0. The van der Waals surface area contributed by atoms with Gasteiger partial charge in [0.05, 0.1) is 11.1 Å². The fourth-order valence-corrected chi connectivity index (χ4v) is 7.47. The van der Waals surface area contributed by atoms with E-state index >= 15 is 0 Å². The zero-order valence-electron chi connectivity index (χ0n) is 27.3. The third-order valence-corrected chi connectivity index (χ3v) is 9.98. The van der Waals surface area contributed by atoms with Gasteiger partial charge in [-0.05, 0) is 115 Å². The molecular weight excluding hydrogens is 607 g/mol. The fourth-order valence-electron chi connectivity index (χ4n) is 7.47. The Balaban J connectivity index is 1.10. The van der Waals surface area contributed by atoms with Crippen LogP contribution in [0.3, 0.4) is 0 Å². The highest BCUT2D eigenvalue weighted by atomic mass is 16.3. The molecule has 0 saturated carbocycles. The lowest BCUT2D eigenvalue weighted by molar-refractivity contribution is 0.669. The van der Waals surface area contributed by atoms with E-state index in [-0.39, 0.29) is 0 Å². The van der Waals surface area contributed by atoms with Gasteiger partial charge in [-0.1, -0.05) is 127 Å². The van der Waals surface area contributed by atoms with Crippen LogP contribution >= 0.6 is 0 Å². The Morgan fingerprint density at radius 3 is 1.62 bits per heavy atom. The van der Waals surface area contributed by atoms with Crippen molar-refractivity contribution in [2.75, 3.05) is 4.90 Å². The van der Waals surface area contributed by atoms with Crippen molar-refractivity contribution in [3.63, 3.8) is 0 Å². The highest BCUT2D eigenvalue weighted by Crippen LogP contribution is 2.44. The molecule has 0 bridgehead atoms. The first-order valence-corrected chi connectivity index (χ1v) is 17.1. The molecule has 10 aromatic rings. The zero-order valence-corrected chi connectivity index (χ0v) is 27.3. The van der Waals surface area contributed by atoms with E-state index in [0.29, 0.717) is 0 Å². The largest absolute Gasteiger partial charge is 0.456 e. The maximum absolute atomic E-state index is 6.34. The molecule has 0 aliphatic heterocycles. The molecule has 0 radical (unpaired) electrons. The minimum Gasteiger partial charge on any atom is -0.456 e. The molecule has 2 heteroatoms. The number of nitrogens with zero attached hydrogens (tertiary/aromatic N) is 1. The Morgan fingerprint density at radius 1 is 0.320 bits per heavy atom. The fraction of sp³-hybridized carbons (Fsp3) is 0. The third kappa shape index (κ3) is 4.81. The lowest BCUT2D eigenvalue weighted by atomic mass is 9.96. The molecule has 0 atom stereocenters. The van der Waals surface area contributed by atoms with Gasteiger partial charge in [-0.2, -0.15) is 0 Å². The maximum Gasteiger partial charge on any atom is 0.137 e. The molecule has 0 amide bonds. The average molecular weight is 638 g/mol. The molecular formula is C48H31NO. The second-order valence-corrected chi connectivity index (χ2v) is 13.0. The summed E-state index contributed by atoms with van der Waals surface area (Å²) in [5, 5.41) is 9.52. The molecule has 0 aliphatic carbocycles. The molecule has 2 nitrogen and oxygen atoms in total. The van der Waals surface area contributed by atoms with E-state index in [4.69, 9.17) is 4.42 Å². The molecule has 10 rings (SSSR count). The lowest BCUT2D eigenvalue weighted by Gasteiger charge is -2.27. The van der Waals surface area contributed by atoms with E-state index in [0.717, 1.165) is 39.0 Å². The maximum atomic E-state index is 6.34. The number of rotatable bonds is 5. The molecule has 234 valence electrons. The molecule has 0 unspecified atom stereocenters. The van der Waals surface area contributed by atoms with Crippen molar-refractivity contribution in [3.05, 3.63) is 188 Å². The van der Waals surface area contributed by atoms with Crippen LogP contribution in [0.4, 0.5) is 17.1 Å². The highest BCUT2D eigenvalue weighted by molar-refractivity contribution is 6.13. The first-order valence-electron chi connectivity index (χ1n) is 17.1. The van der Waals surface area contributed by atoms with Gasteiger partial charge in [0.15, 0.2) is 0 Å². The summed E-state index contributed by atoms with van der Waals surface area (Å²) in [6, 6.07) is 67.7. The number of fused-ring (bicyclic) bond motifs is 6. The van der Waals surface area contributed by atoms with Gasteiger partial charge >= 0.3 is 0 Å². The standard InChI is InChI=1S/C48H31NO/c1-2-9-32(10-3-1)36-19-17-34-18-20-38(29-41(34)28-36)37-21-22-40-31-43(26-24-39(40)27-37)49(42-25-23-33-11-4-5-12-35(33)30-42)45-14-8-16-47-48(45)44-13-6-7-15-46(44)50-47/h1-31H. The van der Waals surface area contributed by atoms with Crippen LogP contribution in [0, 0.1) is 0 Å². The van der Waals surface area contributed by atoms with Crippen molar-refractivity contribution in [1.82, 2.24) is 0 Å². The number of furan rings is 1. The van der Waals surface area contributed by atoms with Crippen LogP contribution in [0.15, 0.2) is 192 Å². The minimum atomic E-state index is 0.881. The van der Waals surface area contributed by atoms with Gasteiger partial charge in [0.25, 0.3) is 0 Å². The van der Waals surface area contributed by atoms with Gasteiger partial charge in [0.2, 0.25) is 0 Å². The predicted octanol–water partition coefficient (Wildman–Crippen LogP) is 13.8. The predicted molar refractivity (Wildman–Crippen MR) is 212 cm³/mol. The minimum absolute atomic E-state index is 0.881. The van der Waals surface area contributed by atoms with E-state index in [1.54, 1.807) is 0 Å². The number of anilines is 3. The number of benzene rings is 9. The summed E-state index contributed by atoms with van der Waals surface area (Å²) >= 11 is 0. The van der Waals surface area contributed by atoms with Gasteiger partial charge in [-0.15, -0.1) is 0 Å². The molecule has 1 heterocycles. The Morgan fingerprint density at radius 2 is 0.840 bits per heavy atom. The molecule has 1 aromatic heterocycles. The Labute approximate surface area is 290 Å². The van der Waals surface area contributed by atoms with E-state index in [2.05, 4.69) is 181 Å². The number of hydrogen-bond donors (Lipinski definition) is 0. The van der Waals surface area contributed by atoms with Gasteiger partial charge in [0.1, 0.15) is 11.2 Å². The van der Waals surface area contributed by atoms with Crippen LogP contribution in [0.2, 0.25) is 0 Å². The van der Waals surface area contributed by atoms with Gasteiger partial charge in [-0.25, -0.2) is 0 Å². The topological polar surface area (TPSA) is 16.4 Å². The van der Waals surface area contributed by atoms with E-state index < -0.39 is 0 Å². The quantitative estimate of drug-likeness (QED) is 0.187. The Hall–Kier alpha value is -6.64. The number of para-hydroxylation sites is 1. The van der Waals surface area contributed by atoms with Crippen LogP contribution in [0.5, 0.6) is 0 Å². The molecule has 9 aromatic carbocycles. The van der Waals surface area contributed by atoms with Crippen molar-refractivity contribution >= 4 is 71.3 Å². The van der Waals surface area contributed by atoms with E-state index in [9.17, 15) is 0 Å².